The number of nitrogens with one attached hydrogen (secondary N) is 1. The molecular weight excluding hydrogens is 240 g/mol. The van der Waals surface area contributed by atoms with E-state index in [-0.39, 0.29) is 5.97 Å². The summed E-state index contributed by atoms with van der Waals surface area (Å²) in [7, 11) is 3.40. The van der Waals surface area contributed by atoms with E-state index < -0.39 is 5.54 Å². The fraction of sp³-hybridized carbons (Fsp3) is 0.933. The molecule has 3 atom stereocenters. The summed E-state index contributed by atoms with van der Waals surface area (Å²) < 4.78 is 5.09. The number of carbonyl (C=O) groups is 1. The molecule has 2 fully saturated rings. The average molecular weight is 268 g/mol. The molecular formula is C15H28N2O2. The van der Waals surface area contributed by atoms with Crippen molar-refractivity contribution in [2.75, 3.05) is 20.7 Å². The van der Waals surface area contributed by atoms with Crippen LogP contribution >= 0.6 is 0 Å². The number of esters is 1. The van der Waals surface area contributed by atoms with Crippen molar-refractivity contribution in [1.29, 1.82) is 0 Å². The van der Waals surface area contributed by atoms with Gasteiger partial charge in [0.2, 0.25) is 0 Å². The van der Waals surface area contributed by atoms with Crippen LogP contribution in [-0.2, 0) is 9.53 Å². The number of carbonyl (C=O) groups excluding carboxylic acids is 1. The number of hydrogen-bond donors (Lipinski definition) is 1. The fourth-order valence-electron chi connectivity index (χ4n) is 3.64. The summed E-state index contributed by atoms with van der Waals surface area (Å²) in [4.78, 5) is 14.8. The molecule has 1 aliphatic carbocycles. The maximum atomic E-state index is 12.3. The molecule has 1 aliphatic heterocycles. The van der Waals surface area contributed by atoms with Crippen molar-refractivity contribution in [2.45, 2.75) is 63.6 Å². The summed E-state index contributed by atoms with van der Waals surface area (Å²) in [6, 6.07) is 1.19. The Balaban J connectivity index is 2.17. The highest BCUT2D eigenvalue weighted by Crippen LogP contribution is 2.42. The number of ether oxygens (including phenoxy) is 1. The molecule has 1 heterocycles. The van der Waals surface area contributed by atoms with E-state index in [1.807, 2.05) is 7.05 Å². The van der Waals surface area contributed by atoms with Crippen molar-refractivity contribution < 1.29 is 9.53 Å². The van der Waals surface area contributed by atoms with Crippen LogP contribution in [-0.4, -0.2) is 49.2 Å². The van der Waals surface area contributed by atoms with Gasteiger partial charge < -0.3 is 10.1 Å². The second kappa shape index (κ2) is 5.80. The van der Waals surface area contributed by atoms with Gasteiger partial charge in [0.25, 0.3) is 0 Å². The van der Waals surface area contributed by atoms with Gasteiger partial charge in [0.1, 0.15) is 5.54 Å². The smallest absolute Gasteiger partial charge is 0.327 e. The summed E-state index contributed by atoms with van der Waals surface area (Å²) in [6.45, 7) is 5.31. The highest BCUT2D eigenvalue weighted by atomic mass is 16.5. The van der Waals surface area contributed by atoms with Crippen LogP contribution in [0.25, 0.3) is 0 Å². The first kappa shape index (κ1) is 14.8. The molecule has 3 unspecified atom stereocenters. The first-order valence-electron chi connectivity index (χ1n) is 7.62. The Hall–Kier alpha value is -0.610. The number of nitrogens with zero attached hydrogens (tertiary/aromatic N) is 1. The third-order valence-electron chi connectivity index (χ3n) is 5.13. The fourth-order valence-corrected chi connectivity index (χ4v) is 3.64. The van der Waals surface area contributed by atoms with Gasteiger partial charge in [-0.05, 0) is 52.0 Å². The normalized spacial score (nSPS) is 31.2. The predicted octanol–water partition coefficient (Wildman–Crippen LogP) is 1.79. The van der Waals surface area contributed by atoms with Crippen LogP contribution in [0.3, 0.4) is 0 Å². The molecule has 0 aromatic heterocycles. The largest absolute Gasteiger partial charge is 0.468 e. The number of hydrogen-bond acceptors (Lipinski definition) is 4. The minimum absolute atomic E-state index is 0.0912. The van der Waals surface area contributed by atoms with Crippen molar-refractivity contribution >= 4 is 5.97 Å². The lowest BCUT2D eigenvalue weighted by molar-refractivity contribution is -0.151. The average Bonchev–Trinajstić information content (AvgIpc) is 3.21. The maximum absolute atomic E-state index is 12.3. The number of rotatable bonds is 6. The molecule has 0 radical (unpaired) electrons. The molecule has 0 aromatic carbocycles. The third-order valence-corrected chi connectivity index (χ3v) is 5.13. The molecule has 19 heavy (non-hydrogen) atoms. The molecule has 1 saturated carbocycles. The number of methoxy groups -OCH3 is 1. The van der Waals surface area contributed by atoms with Gasteiger partial charge in [0.15, 0.2) is 0 Å². The zero-order valence-electron chi connectivity index (χ0n) is 12.7. The van der Waals surface area contributed by atoms with Gasteiger partial charge in [-0.2, -0.15) is 0 Å². The molecule has 0 aromatic rings. The van der Waals surface area contributed by atoms with E-state index in [0.29, 0.717) is 18.0 Å². The van der Waals surface area contributed by atoms with Crippen LogP contribution in [0.15, 0.2) is 0 Å². The molecule has 2 aliphatic rings. The monoisotopic (exact) mass is 268 g/mol. The Kier molecular flexibility index (Phi) is 4.51. The zero-order chi connectivity index (χ0) is 14.0. The summed E-state index contributed by atoms with van der Waals surface area (Å²) in [5, 5.41) is 3.30. The highest BCUT2D eigenvalue weighted by molar-refractivity contribution is 5.82. The first-order valence-corrected chi connectivity index (χ1v) is 7.62. The van der Waals surface area contributed by atoms with Crippen LogP contribution in [0.5, 0.6) is 0 Å². The first-order chi connectivity index (χ1) is 9.08. The van der Waals surface area contributed by atoms with Crippen LogP contribution in [0, 0.1) is 5.92 Å². The predicted molar refractivity (Wildman–Crippen MR) is 76.0 cm³/mol. The Morgan fingerprint density at radius 1 is 1.37 bits per heavy atom. The minimum atomic E-state index is -0.499. The standard InChI is InChI=1S/C15H28N2O2/c1-5-13-9-6-11(2)17(13)10-15(16-3,12-7-8-12)14(18)19-4/h11-13,16H,5-10H2,1-4H3. The second-order valence-corrected chi connectivity index (χ2v) is 6.15. The maximum Gasteiger partial charge on any atom is 0.327 e. The summed E-state index contributed by atoms with van der Waals surface area (Å²) in [6.07, 6.45) is 5.92. The summed E-state index contributed by atoms with van der Waals surface area (Å²) >= 11 is 0. The lowest BCUT2D eigenvalue weighted by Crippen LogP contribution is -2.61. The highest BCUT2D eigenvalue weighted by Gasteiger charge is 2.53. The topological polar surface area (TPSA) is 41.6 Å². The van der Waals surface area contributed by atoms with Crippen molar-refractivity contribution in [3.63, 3.8) is 0 Å². The molecule has 4 heteroatoms. The number of likely N-dealkylation sites (tertiary alicyclic amines) is 1. The van der Waals surface area contributed by atoms with E-state index in [9.17, 15) is 4.79 Å². The molecule has 4 nitrogen and oxygen atoms in total. The van der Waals surface area contributed by atoms with Crippen molar-refractivity contribution in [1.82, 2.24) is 10.2 Å². The Morgan fingerprint density at radius 2 is 2.05 bits per heavy atom. The lowest BCUT2D eigenvalue weighted by Gasteiger charge is -2.38. The van der Waals surface area contributed by atoms with Gasteiger partial charge >= 0.3 is 5.97 Å². The van der Waals surface area contributed by atoms with Crippen LogP contribution in [0.1, 0.15) is 46.0 Å². The SMILES string of the molecule is CCC1CCC(C)N1CC(NC)(C(=O)OC)C1CC1. The van der Waals surface area contributed by atoms with Gasteiger partial charge in [-0.1, -0.05) is 6.92 Å². The minimum Gasteiger partial charge on any atom is -0.468 e. The van der Waals surface area contributed by atoms with Gasteiger partial charge in [-0.15, -0.1) is 0 Å². The van der Waals surface area contributed by atoms with Crippen molar-refractivity contribution in [3.8, 4) is 0 Å². The van der Waals surface area contributed by atoms with Gasteiger partial charge in [-0.25, -0.2) is 4.79 Å². The molecule has 110 valence electrons. The molecule has 0 spiro atoms. The molecule has 0 amide bonds. The molecule has 0 bridgehead atoms. The quantitative estimate of drug-likeness (QED) is 0.746. The Morgan fingerprint density at radius 3 is 2.53 bits per heavy atom. The second-order valence-electron chi connectivity index (χ2n) is 6.15. The van der Waals surface area contributed by atoms with E-state index >= 15 is 0 Å². The van der Waals surface area contributed by atoms with E-state index in [1.165, 1.54) is 20.0 Å². The van der Waals surface area contributed by atoms with Gasteiger partial charge in [-0.3, -0.25) is 4.90 Å². The zero-order valence-corrected chi connectivity index (χ0v) is 12.7. The summed E-state index contributed by atoms with van der Waals surface area (Å²) in [5.41, 5.74) is -0.499. The van der Waals surface area contributed by atoms with E-state index in [1.54, 1.807) is 0 Å². The van der Waals surface area contributed by atoms with Crippen molar-refractivity contribution in [2.24, 2.45) is 5.92 Å². The summed E-state index contributed by atoms with van der Waals surface area (Å²) in [5.74, 6) is 0.349. The van der Waals surface area contributed by atoms with Crippen LogP contribution in [0.2, 0.25) is 0 Å². The number of likely N-dealkylation sites (N-methyl/N-ethyl adjacent to an activating group) is 1. The van der Waals surface area contributed by atoms with Gasteiger partial charge in [0.05, 0.1) is 7.11 Å². The molecule has 1 saturated heterocycles. The van der Waals surface area contributed by atoms with Gasteiger partial charge in [0, 0.05) is 18.6 Å². The van der Waals surface area contributed by atoms with E-state index in [0.717, 1.165) is 25.8 Å². The van der Waals surface area contributed by atoms with E-state index in [4.69, 9.17) is 4.74 Å². The van der Waals surface area contributed by atoms with E-state index in [2.05, 4.69) is 24.1 Å². The van der Waals surface area contributed by atoms with Crippen LogP contribution in [0.4, 0.5) is 0 Å². The molecule has 2 rings (SSSR count). The Labute approximate surface area is 116 Å². The lowest BCUT2D eigenvalue weighted by atomic mass is 9.91. The molecule has 1 N–H and O–H groups in total. The van der Waals surface area contributed by atoms with Crippen LogP contribution < -0.4 is 5.32 Å². The Bertz CT molecular complexity index is 330. The third kappa shape index (κ3) is 2.65. The van der Waals surface area contributed by atoms with Crippen molar-refractivity contribution in [3.05, 3.63) is 0 Å².